The summed E-state index contributed by atoms with van der Waals surface area (Å²) >= 11 is 0. The quantitative estimate of drug-likeness (QED) is 0.789. The first-order valence-electron chi connectivity index (χ1n) is 10.7. The summed E-state index contributed by atoms with van der Waals surface area (Å²) < 4.78 is 0. The number of carbonyl (C=O) groups is 2. The molecule has 3 aliphatic carbocycles. The number of carbonyl (C=O) groups excluding carboxylic acids is 1. The molecule has 4 rings (SSSR count). The Bertz CT molecular complexity index is 686. The van der Waals surface area contributed by atoms with Gasteiger partial charge in [0.2, 0.25) is 5.91 Å². The fraction of sp³-hybridized carbons (Fsp3) is 0.864. The predicted molar refractivity (Wildman–Crippen MR) is 100 cm³/mol. The van der Waals surface area contributed by atoms with Crippen LogP contribution in [-0.4, -0.2) is 23.0 Å². The zero-order valence-electron chi connectivity index (χ0n) is 16.5. The van der Waals surface area contributed by atoms with E-state index in [9.17, 15) is 14.7 Å². The molecular formula is C22H32N2O3. The number of nitrogens with one attached hydrogen (secondary N) is 1. The number of carboxylic acid groups (broad SMARTS) is 1. The Morgan fingerprint density at radius 3 is 2.70 bits per heavy atom. The molecule has 0 aromatic carbocycles. The number of hydrogen-bond acceptors (Lipinski definition) is 3. The molecule has 1 heterocycles. The van der Waals surface area contributed by atoms with Gasteiger partial charge in [-0.1, -0.05) is 13.8 Å². The van der Waals surface area contributed by atoms with Gasteiger partial charge in [0.1, 0.15) is 0 Å². The molecule has 148 valence electrons. The van der Waals surface area contributed by atoms with Crippen molar-refractivity contribution in [3.63, 3.8) is 0 Å². The Morgan fingerprint density at radius 1 is 1.22 bits per heavy atom. The lowest BCUT2D eigenvalue weighted by atomic mass is 9.44. The van der Waals surface area contributed by atoms with E-state index in [1.165, 1.54) is 0 Å². The highest BCUT2D eigenvalue weighted by Gasteiger charge is 2.63. The molecule has 0 aromatic rings. The van der Waals surface area contributed by atoms with Crippen molar-refractivity contribution in [1.29, 1.82) is 5.26 Å². The maximum absolute atomic E-state index is 12.3. The van der Waals surface area contributed by atoms with Gasteiger partial charge in [0.05, 0.1) is 12.0 Å². The number of nitrogens with zero attached hydrogens (tertiary/aromatic N) is 1. The van der Waals surface area contributed by atoms with Crippen LogP contribution in [0, 0.1) is 51.8 Å². The third-order valence-corrected chi connectivity index (χ3v) is 9.32. The van der Waals surface area contributed by atoms with Crippen LogP contribution in [-0.2, 0) is 9.59 Å². The maximum Gasteiger partial charge on any atom is 0.307 e. The predicted octanol–water partition coefficient (Wildman–Crippen LogP) is 3.74. The van der Waals surface area contributed by atoms with Crippen molar-refractivity contribution in [2.24, 2.45) is 40.4 Å². The summed E-state index contributed by atoms with van der Waals surface area (Å²) in [6.45, 7) is 4.59. The van der Waals surface area contributed by atoms with Gasteiger partial charge >= 0.3 is 5.97 Å². The molecule has 0 radical (unpaired) electrons. The third-order valence-electron chi connectivity index (χ3n) is 9.32. The van der Waals surface area contributed by atoms with E-state index in [0.717, 1.165) is 44.9 Å². The summed E-state index contributed by atoms with van der Waals surface area (Å²) in [5.74, 6) is 1.19. The van der Waals surface area contributed by atoms with Crippen LogP contribution in [0.4, 0.5) is 0 Å². The van der Waals surface area contributed by atoms with Crippen LogP contribution in [0.15, 0.2) is 0 Å². The number of nitriles is 1. The van der Waals surface area contributed by atoms with Crippen molar-refractivity contribution in [3.8, 4) is 6.07 Å². The van der Waals surface area contributed by atoms with E-state index in [0.29, 0.717) is 30.6 Å². The minimum atomic E-state index is -0.616. The van der Waals surface area contributed by atoms with E-state index < -0.39 is 5.97 Å². The van der Waals surface area contributed by atoms with Crippen LogP contribution in [0.25, 0.3) is 0 Å². The van der Waals surface area contributed by atoms with Gasteiger partial charge in [-0.25, -0.2) is 0 Å². The number of carboxylic acids is 1. The van der Waals surface area contributed by atoms with Crippen molar-refractivity contribution in [1.82, 2.24) is 5.32 Å². The summed E-state index contributed by atoms with van der Waals surface area (Å²) in [7, 11) is 0. The van der Waals surface area contributed by atoms with Crippen molar-refractivity contribution in [2.45, 2.75) is 77.7 Å². The summed E-state index contributed by atoms with van der Waals surface area (Å²) in [6, 6.07) is 2.49. The molecule has 8 atom stereocenters. The lowest BCUT2D eigenvalue weighted by Crippen LogP contribution is -2.64. The van der Waals surface area contributed by atoms with Crippen LogP contribution >= 0.6 is 0 Å². The molecule has 5 nitrogen and oxygen atoms in total. The van der Waals surface area contributed by atoms with Crippen molar-refractivity contribution >= 4 is 11.9 Å². The molecule has 1 aliphatic heterocycles. The Hall–Kier alpha value is -1.57. The van der Waals surface area contributed by atoms with Gasteiger partial charge in [0, 0.05) is 18.9 Å². The lowest BCUT2D eigenvalue weighted by Gasteiger charge is -2.62. The van der Waals surface area contributed by atoms with Crippen LogP contribution < -0.4 is 5.32 Å². The molecule has 1 amide bonds. The monoisotopic (exact) mass is 372 g/mol. The highest BCUT2D eigenvalue weighted by atomic mass is 16.4. The summed E-state index contributed by atoms with van der Waals surface area (Å²) in [5, 5.41) is 22.1. The minimum Gasteiger partial charge on any atom is -0.481 e. The first-order chi connectivity index (χ1) is 12.8. The average molecular weight is 373 g/mol. The Labute approximate surface area is 161 Å². The maximum atomic E-state index is 12.3. The lowest BCUT2D eigenvalue weighted by molar-refractivity contribution is -0.158. The Balaban J connectivity index is 1.65. The summed E-state index contributed by atoms with van der Waals surface area (Å²) in [4.78, 5) is 24.1. The van der Waals surface area contributed by atoms with Gasteiger partial charge < -0.3 is 10.4 Å². The van der Waals surface area contributed by atoms with Gasteiger partial charge in [0.25, 0.3) is 0 Å². The second-order valence-electron chi connectivity index (χ2n) is 10.1. The van der Waals surface area contributed by atoms with E-state index in [1.807, 2.05) is 0 Å². The van der Waals surface area contributed by atoms with Crippen LogP contribution in [0.1, 0.15) is 71.6 Å². The molecule has 27 heavy (non-hydrogen) atoms. The van der Waals surface area contributed by atoms with E-state index >= 15 is 0 Å². The van der Waals surface area contributed by atoms with Crippen LogP contribution in [0.2, 0.25) is 0 Å². The van der Waals surface area contributed by atoms with Gasteiger partial charge in [-0.15, -0.1) is 0 Å². The highest BCUT2D eigenvalue weighted by Crippen LogP contribution is 2.66. The van der Waals surface area contributed by atoms with Crippen molar-refractivity contribution in [3.05, 3.63) is 0 Å². The number of hydrogen-bond donors (Lipinski definition) is 2. The first-order valence-corrected chi connectivity index (χ1v) is 10.7. The summed E-state index contributed by atoms with van der Waals surface area (Å²) in [6.07, 6.45) is 7.85. The fourth-order valence-electron chi connectivity index (χ4n) is 7.96. The molecule has 0 aromatic heterocycles. The second kappa shape index (κ2) is 6.50. The topological polar surface area (TPSA) is 90.2 Å². The second-order valence-corrected chi connectivity index (χ2v) is 10.1. The fourth-order valence-corrected chi connectivity index (χ4v) is 7.96. The molecule has 1 unspecified atom stereocenters. The SMILES string of the molecule is C[C@]12CC[C@H]3[C@@H](CC[C@H]4NC(=O)CC(CCC#N)[C@@]43C)[C@@H]1CC[C@@H]2C(=O)O. The molecule has 0 bridgehead atoms. The van der Waals surface area contributed by atoms with Crippen LogP contribution in [0.3, 0.4) is 0 Å². The van der Waals surface area contributed by atoms with Crippen LogP contribution in [0.5, 0.6) is 0 Å². The Kier molecular flexibility index (Phi) is 4.52. The smallest absolute Gasteiger partial charge is 0.307 e. The molecule has 2 N–H and O–H groups in total. The molecule has 5 heteroatoms. The molecule has 4 fully saturated rings. The van der Waals surface area contributed by atoms with Gasteiger partial charge in [-0.05, 0) is 79.4 Å². The Morgan fingerprint density at radius 2 is 2.00 bits per heavy atom. The standard InChI is InChI=1S/C22H32N2O3/c1-21-10-9-16-14(15(21)6-7-17(21)20(26)27)5-8-18-22(16,2)13(4-3-11-23)12-19(25)24-18/h13-18H,3-10,12H2,1-2H3,(H,24,25)(H,26,27)/t13?,14-,15-,16-,17+,18+,21-,22+/m0/s1. The van der Waals surface area contributed by atoms with E-state index in [-0.39, 0.29) is 34.6 Å². The van der Waals surface area contributed by atoms with E-state index in [4.69, 9.17) is 5.26 Å². The zero-order valence-corrected chi connectivity index (χ0v) is 16.5. The molecular weight excluding hydrogens is 340 g/mol. The van der Waals surface area contributed by atoms with Gasteiger partial charge in [-0.2, -0.15) is 5.26 Å². The number of piperidine rings is 1. The first kappa shape index (κ1) is 18.8. The highest BCUT2D eigenvalue weighted by molar-refractivity contribution is 5.78. The van der Waals surface area contributed by atoms with Crippen molar-refractivity contribution in [2.75, 3.05) is 0 Å². The largest absolute Gasteiger partial charge is 0.481 e. The van der Waals surface area contributed by atoms with Gasteiger partial charge in [0.15, 0.2) is 0 Å². The van der Waals surface area contributed by atoms with E-state index in [2.05, 4.69) is 25.2 Å². The number of fused-ring (bicyclic) bond motifs is 5. The molecule has 0 spiro atoms. The van der Waals surface area contributed by atoms with Gasteiger partial charge in [-0.3, -0.25) is 9.59 Å². The minimum absolute atomic E-state index is 0.0380. The zero-order chi connectivity index (χ0) is 19.4. The molecule has 3 saturated carbocycles. The summed E-state index contributed by atoms with van der Waals surface area (Å²) in [5.41, 5.74) is -0.0351. The molecule has 4 aliphatic rings. The van der Waals surface area contributed by atoms with Crippen molar-refractivity contribution < 1.29 is 14.7 Å². The van der Waals surface area contributed by atoms with E-state index in [1.54, 1.807) is 0 Å². The molecule has 1 saturated heterocycles. The third kappa shape index (κ3) is 2.62. The number of rotatable bonds is 3. The number of amides is 1. The normalized spacial score (nSPS) is 48.6. The average Bonchev–Trinajstić information content (AvgIpc) is 2.98. The number of aliphatic carboxylic acids is 1.